The number of carbonyl (C=O) groups excluding carboxylic acids is 1. The number of fused-ring (bicyclic) bond motifs is 1. The van der Waals surface area contributed by atoms with E-state index in [1.165, 1.54) is 4.57 Å². The Morgan fingerprint density at radius 1 is 1.27 bits per heavy atom. The van der Waals surface area contributed by atoms with Crippen molar-refractivity contribution in [2.45, 2.75) is 19.9 Å². The highest BCUT2D eigenvalue weighted by Gasteiger charge is 2.18. The highest BCUT2D eigenvalue weighted by atomic mass is 16.5. The molecule has 3 rings (SSSR count). The number of ether oxygens (including phenoxy) is 1. The van der Waals surface area contributed by atoms with Crippen LogP contribution in [0.3, 0.4) is 0 Å². The average molecular weight is 301 g/mol. The maximum absolute atomic E-state index is 12.6. The summed E-state index contributed by atoms with van der Waals surface area (Å²) in [4.78, 5) is 31.2. The molecule has 0 saturated carbocycles. The summed E-state index contributed by atoms with van der Waals surface area (Å²) in [5, 5.41) is 0.542. The molecule has 116 valence electrons. The molecule has 1 aromatic carbocycles. The van der Waals surface area contributed by atoms with E-state index in [1.54, 1.807) is 24.0 Å². The van der Waals surface area contributed by atoms with Crippen LogP contribution in [-0.4, -0.2) is 46.7 Å². The van der Waals surface area contributed by atoms with Crippen molar-refractivity contribution in [1.29, 1.82) is 0 Å². The van der Waals surface area contributed by atoms with Gasteiger partial charge in [0.15, 0.2) is 0 Å². The van der Waals surface area contributed by atoms with Crippen molar-refractivity contribution >= 4 is 16.8 Å². The molecule has 0 bridgehead atoms. The molecule has 0 spiro atoms. The van der Waals surface area contributed by atoms with E-state index < -0.39 is 0 Å². The quantitative estimate of drug-likeness (QED) is 0.828. The number of para-hydroxylation sites is 1. The number of hydrogen-bond acceptors (Lipinski definition) is 4. The molecule has 0 unspecified atom stereocenters. The Labute approximate surface area is 128 Å². The van der Waals surface area contributed by atoms with Gasteiger partial charge in [0.25, 0.3) is 5.56 Å². The van der Waals surface area contributed by atoms with E-state index in [1.807, 2.05) is 12.1 Å². The average Bonchev–Trinajstić information content (AvgIpc) is 2.80. The van der Waals surface area contributed by atoms with Gasteiger partial charge in [-0.15, -0.1) is 0 Å². The summed E-state index contributed by atoms with van der Waals surface area (Å²) in [6.07, 6.45) is 0.829. The largest absolute Gasteiger partial charge is 0.380 e. The maximum Gasteiger partial charge on any atom is 0.261 e. The second-order valence-electron chi connectivity index (χ2n) is 5.41. The van der Waals surface area contributed by atoms with Gasteiger partial charge in [0.2, 0.25) is 5.91 Å². The molecule has 6 heteroatoms. The topological polar surface area (TPSA) is 64.4 Å². The van der Waals surface area contributed by atoms with E-state index in [0.717, 1.165) is 6.42 Å². The van der Waals surface area contributed by atoms with Gasteiger partial charge in [-0.3, -0.25) is 14.2 Å². The van der Waals surface area contributed by atoms with Crippen LogP contribution in [0, 0.1) is 6.92 Å². The van der Waals surface area contributed by atoms with Crippen molar-refractivity contribution in [3.05, 3.63) is 40.4 Å². The minimum atomic E-state index is -0.164. The molecule has 0 radical (unpaired) electrons. The lowest BCUT2D eigenvalue weighted by Crippen LogP contribution is -2.38. The third kappa shape index (κ3) is 2.87. The first-order chi connectivity index (χ1) is 10.7. The predicted molar refractivity (Wildman–Crippen MR) is 82.8 cm³/mol. The van der Waals surface area contributed by atoms with Crippen LogP contribution < -0.4 is 5.56 Å². The lowest BCUT2D eigenvalue weighted by molar-refractivity contribution is -0.132. The van der Waals surface area contributed by atoms with E-state index in [9.17, 15) is 9.59 Å². The Morgan fingerprint density at radius 2 is 2.09 bits per heavy atom. The number of aromatic nitrogens is 2. The Hall–Kier alpha value is -2.21. The first-order valence-corrected chi connectivity index (χ1v) is 7.48. The van der Waals surface area contributed by atoms with Gasteiger partial charge in [-0.2, -0.15) is 0 Å². The molecule has 0 atom stereocenters. The molecule has 1 aliphatic rings. The summed E-state index contributed by atoms with van der Waals surface area (Å²) < 4.78 is 6.81. The molecule has 1 fully saturated rings. The molecular formula is C16H19N3O3. The number of rotatable bonds is 2. The third-order valence-electron chi connectivity index (χ3n) is 3.92. The van der Waals surface area contributed by atoms with Crippen molar-refractivity contribution in [3.63, 3.8) is 0 Å². The van der Waals surface area contributed by atoms with Crippen LogP contribution in [0.2, 0.25) is 0 Å². The molecular weight excluding hydrogens is 282 g/mol. The van der Waals surface area contributed by atoms with E-state index in [0.29, 0.717) is 43.0 Å². The van der Waals surface area contributed by atoms with Gasteiger partial charge >= 0.3 is 0 Å². The van der Waals surface area contributed by atoms with Gasteiger partial charge in [-0.25, -0.2) is 4.98 Å². The highest BCUT2D eigenvalue weighted by Crippen LogP contribution is 2.08. The first-order valence-electron chi connectivity index (χ1n) is 7.48. The van der Waals surface area contributed by atoms with Crippen molar-refractivity contribution in [1.82, 2.24) is 14.5 Å². The van der Waals surface area contributed by atoms with Gasteiger partial charge in [0.1, 0.15) is 12.4 Å². The fraction of sp³-hybridized carbons (Fsp3) is 0.438. The Kier molecular flexibility index (Phi) is 4.20. The van der Waals surface area contributed by atoms with Crippen LogP contribution in [0.15, 0.2) is 29.1 Å². The van der Waals surface area contributed by atoms with Crippen LogP contribution in [-0.2, 0) is 16.1 Å². The smallest absolute Gasteiger partial charge is 0.261 e. The zero-order chi connectivity index (χ0) is 15.5. The standard InChI is InChI=1S/C16H19N3O3/c1-12-17-14-6-3-2-5-13(14)16(21)19(12)11-15(20)18-7-4-9-22-10-8-18/h2-3,5-6H,4,7-11H2,1H3. The number of carbonyl (C=O) groups is 1. The minimum Gasteiger partial charge on any atom is -0.380 e. The van der Waals surface area contributed by atoms with E-state index in [4.69, 9.17) is 4.74 Å². The van der Waals surface area contributed by atoms with Crippen LogP contribution >= 0.6 is 0 Å². The summed E-state index contributed by atoms with van der Waals surface area (Å²) in [5.74, 6) is 0.496. The summed E-state index contributed by atoms with van der Waals surface area (Å²) in [6.45, 7) is 4.27. The van der Waals surface area contributed by atoms with Crippen molar-refractivity contribution < 1.29 is 9.53 Å². The van der Waals surface area contributed by atoms with Gasteiger partial charge in [-0.05, 0) is 25.5 Å². The zero-order valence-electron chi connectivity index (χ0n) is 12.6. The van der Waals surface area contributed by atoms with Crippen molar-refractivity contribution in [2.75, 3.05) is 26.3 Å². The molecule has 1 aromatic heterocycles. The van der Waals surface area contributed by atoms with Crippen LogP contribution in [0.25, 0.3) is 10.9 Å². The number of benzene rings is 1. The van der Waals surface area contributed by atoms with Crippen LogP contribution in [0.5, 0.6) is 0 Å². The second-order valence-corrected chi connectivity index (χ2v) is 5.41. The monoisotopic (exact) mass is 301 g/mol. The van der Waals surface area contributed by atoms with E-state index in [2.05, 4.69) is 4.98 Å². The fourth-order valence-corrected chi connectivity index (χ4v) is 2.70. The Morgan fingerprint density at radius 3 is 2.95 bits per heavy atom. The molecule has 1 saturated heterocycles. The molecule has 6 nitrogen and oxygen atoms in total. The van der Waals surface area contributed by atoms with Crippen LogP contribution in [0.1, 0.15) is 12.2 Å². The lowest BCUT2D eigenvalue weighted by Gasteiger charge is -2.20. The third-order valence-corrected chi connectivity index (χ3v) is 3.92. The van der Waals surface area contributed by atoms with Gasteiger partial charge < -0.3 is 9.64 Å². The van der Waals surface area contributed by atoms with Gasteiger partial charge in [0, 0.05) is 19.7 Å². The summed E-state index contributed by atoms with van der Waals surface area (Å²) >= 11 is 0. The summed E-state index contributed by atoms with van der Waals surface area (Å²) in [7, 11) is 0. The molecule has 2 heterocycles. The van der Waals surface area contributed by atoms with Gasteiger partial charge in [-0.1, -0.05) is 12.1 Å². The number of amides is 1. The Bertz CT molecular complexity index is 746. The first kappa shape index (κ1) is 14.7. The van der Waals surface area contributed by atoms with Crippen molar-refractivity contribution in [2.24, 2.45) is 0 Å². The second kappa shape index (κ2) is 6.27. The number of aryl methyl sites for hydroxylation is 1. The summed E-state index contributed by atoms with van der Waals surface area (Å²) in [5.41, 5.74) is 0.499. The van der Waals surface area contributed by atoms with Crippen LogP contribution in [0.4, 0.5) is 0 Å². The molecule has 0 N–H and O–H groups in total. The molecule has 22 heavy (non-hydrogen) atoms. The van der Waals surface area contributed by atoms with E-state index in [-0.39, 0.29) is 18.0 Å². The Balaban J connectivity index is 1.90. The summed E-state index contributed by atoms with van der Waals surface area (Å²) in [6, 6.07) is 7.20. The SMILES string of the molecule is Cc1nc2ccccc2c(=O)n1CC(=O)N1CCCOCC1. The normalized spacial score (nSPS) is 15.8. The number of hydrogen-bond donors (Lipinski definition) is 0. The fourth-order valence-electron chi connectivity index (χ4n) is 2.70. The lowest BCUT2D eigenvalue weighted by atomic mass is 10.2. The minimum absolute atomic E-state index is 0.0303. The molecule has 1 amide bonds. The zero-order valence-corrected chi connectivity index (χ0v) is 12.6. The molecule has 2 aromatic rings. The van der Waals surface area contributed by atoms with Gasteiger partial charge in [0.05, 0.1) is 17.5 Å². The number of nitrogens with zero attached hydrogens (tertiary/aromatic N) is 3. The highest BCUT2D eigenvalue weighted by molar-refractivity contribution is 5.79. The maximum atomic E-state index is 12.6. The predicted octanol–water partition coefficient (Wildman–Crippen LogP) is 0.954. The van der Waals surface area contributed by atoms with Crippen molar-refractivity contribution in [3.8, 4) is 0 Å². The van der Waals surface area contributed by atoms with E-state index >= 15 is 0 Å². The molecule has 0 aliphatic carbocycles. The molecule has 1 aliphatic heterocycles.